The topological polar surface area (TPSA) is 93.5 Å². The lowest BCUT2D eigenvalue weighted by molar-refractivity contribution is -0.384. The predicted molar refractivity (Wildman–Crippen MR) is 107 cm³/mol. The predicted octanol–water partition coefficient (Wildman–Crippen LogP) is 4.34. The minimum absolute atomic E-state index is 0.0557. The van der Waals surface area contributed by atoms with Gasteiger partial charge in [-0.3, -0.25) is 14.9 Å². The highest BCUT2D eigenvalue weighted by molar-refractivity contribution is 5.97. The van der Waals surface area contributed by atoms with E-state index in [0.29, 0.717) is 5.75 Å². The number of non-ortho nitro benzene ring substituents is 1. The van der Waals surface area contributed by atoms with Gasteiger partial charge in [-0.1, -0.05) is 32.9 Å². The average Bonchev–Trinajstić information content (AvgIpc) is 2.61. The molecule has 1 amide bonds. The van der Waals surface area contributed by atoms with E-state index >= 15 is 0 Å². The normalized spacial score (nSPS) is 12.2. The van der Waals surface area contributed by atoms with Crippen LogP contribution in [-0.2, 0) is 10.2 Å². The Morgan fingerprint density at radius 2 is 1.78 bits per heavy atom. The van der Waals surface area contributed by atoms with Gasteiger partial charge in [-0.2, -0.15) is 0 Å². The monoisotopic (exact) mass is 371 g/mol. The molecule has 0 saturated carbocycles. The van der Waals surface area contributed by atoms with E-state index in [1.807, 2.05) is 24.3 Å². The highest BCUT2D eigenvalue weighted by Crippen LogP contribution is 2.29. The molecule has 0 radical (unpaired) electrons. The van der Waals surface area contributed by atoms with Crippen LogP contribution < -0.4 is 15.4 Å². The second-order valence-electron chi connectivity index (χ2n) is 7.32. The maximum absolute atomic E-state index is 12.5. The molecule has 0 aliphatic rings. The Kier molecular flexibility index (Phi) is 6.05. The Labute approximate surface area is 158 Å². The van der Waals surface area contributed by atoms with Gasteiger partial charge in [0.25, 0.3) is 5.69 Å². The van der Waals surface area contributed by atoms with E-state index in [-0.39, 0.29) is 22.7 Å². The van der Waals surface area contributed by atoms with Crippen LogP contribution in [0.2, 0.25) is 0 Å². The summed E-state index contributed by atoms with van der Waals surface area (Å²) in [6.07, 6.45) is 0. The van der Waals surface area contributed by atoms with Crippen molar-refractivity contribution in [3.8, 4) is 5.75 Å². The first-order valence-electron chi connectivity index (χ1n) is 8.62. The van der Waals surface area contributed by atoms with Crippen LogP contribution in [0.15, 0.2) is 42.5 Å². The van der Waals surface area contributed by atoms with Gasteiger partial charge in [-0.05, 0) is 36.1 Å². The Morgan fingerprint density at radius 3 is 2.30 bits per heavy atom. The zero-order chi connectivity index (χ0) is 20.2. The summed E-state index contributed by atoms with van der Waals surface area (Å²) in [7, 11) is 1.44. The van der Waals surface area contributed by atoms with Crippen molar-refractivity contribution in [3.63, 3.8) is 0 Å². The number of amides is 1. The van der Waals surface area contributed by atoms with E-state index in [1.165, 1.54) is 30.9 Å². The Morgan fingerprint density at radius 1 is 1.15 bits per heavy atom. The summed E-state index contributed by atoms with van der Waals surface area (Å²) in [5, 5.41) is 16.8. The molecule has 2 rings (SSSR count). The minimum Gasteiger partial charge on any atom is -0.495 e. The van der Waals surface area contributed by atoms with Crippen LogP contribution in [0.4, 0.5) is 17.1 Å². The fraction of sp³-hybridized carbons (Fsp3) is 0.350. The number of methoxy groups -OCH3 is 1. The van der Waals surface area contributed by atoms with Gasteiger partial charge < -0.3 is 15.4 Å². The van der Waals surface area contributed by atoms with Gasteiger partial charge in [-0.15, -0.1) is 0 Å². The summed E-state index contributed by atoms with van der Waals surface area (Å²) in [6, 6.07) is 11.4. The largest absolute Gasteiger partial charge is 0.495 e. The summed E-state index contributed by atoms with van der Waals surface area (Å²) in [4.78, 5) is 22.9. The lowest BCUT2D eigenvalue weighted by Crippen LogP contribution is -2.32. The molecule has 0 spiro atoms. The van der Waals surface area contributed by atoms with Crippen LogP contribution in [0.1, 0.15) is 33.3 Å². The highest BCUT2D eigenvalue weighted by atomic mass is 16.6. The number of carbonyl (C=O) groups is 1. The van der Waals surface area contributed by atoms with E-state index in [4.69, 9.17) is 4.74 Å². The third-order valence-corrected chi connectivity index (χ3v) is 4.18. The maximum atomic E-state index is 12.5. The van der Waals surface area contributed by atoms with Crippen LogP contribution in [0, 0.1) is 10.1 Å². The van der Waals surface area contributed by atoms with Crippen molar-refractivity contribution in [1.82, 2.24) is 0 Å². The molecule has 0 bridgehead atoms. The third-order valence-electron chi connectivity index (χ3n) is 4.18. The molecule has 7 nitrogen and oxygen atoms in total. The number of carbonyl (C=O) groups excluding carboxylic acids is 1. The van der Waals surface area contributed by atoms with Gasteiger partial charge in [0.05, 0.1) is 17.7 Å². The van der Waals surface area contributed by atoms with Crippen molar-refractivity contribution < 1.29 is 14.5 Å². The summed E-state index contributed by atoms with van der Waals surface area (Å²) in [5.41, 5.74) is 2.21. The van der Waals surface area contributed by atoms with Crippen LogP contribution in [0.25, 0.3) is 0 Å². The molecule has 0 saturated heterocycles. The zero-order valence-corrected chi connectivity index (χ0v) is 16.2. The van der Waals surface area contributed by atoms with Gasteiger partial charge in [0.1, 0.15) is 11.8 Å². The van der Waals surface area contributed by atoms with Gasteiger partial charge in [0.2, 0.25) is 5.91 Å². The molecule has 1 atom stereocenters. The zero-order valence-electron chi connectivity index (χ0n) is 16.2. The van der Waals surface area contributed by atoms with Crippen molar-refractivity contribution in [2.45, 2.75) is 39.2 Å². The molecule has 0 aliphatic heterocycles. The van der Waals surface area contributed by atoms with Crippen molar-refractivity contribution >= 4 is 23.0 Å². The highest BCUT2D eigenvalue weighted by Gasteiger charge is 2.18. The quantitative estimate of drug-likeness (QED) is 0.582. The number of benzene rings is 2. The molecule has 144 valence electrons. The molecule has 2 aromatic carbocycles. The van der Waals surface area contributed by atoms with Crippen LogP contribution in [0.5, 0.6) is 5.75 Å². The molecule has 0 fully saturated rings. The van der Waals surface area contributed by atoms with Gasteiger partial charge in [0, 0.05) is 17.8 Å². The molecular formula is C20H25N3O4. The third kappa shape index (κ3) is 5.20. The van der Waals surface area contributed by atoms with Crippen LogP contribution in [-0.4, -0.2) is 24.0 Å². The van der Waals surface area contributed by atoms with E-state index in [1.54, 1.807) is 6.92 Å². The number of rotatable bonds is 6. The van der Waals surface area contributed by atoms with E-state index < -0.39 is 11.0 Å². The second kappa shape index (κ2) is 8.07. The molecule has 1 unspecified atom stereocenters. The van der Waals surface area contributed by atoms with Crippen molar-refractivity contribution in [3.05, 3.63) is 58.1 Å². The number of anilines is 2. The Bertz CT molecular complexity index is 826. The molecule has 2 N–H and O–H groups in total. The van der Waals surface area contributed by atoms with Crippen LogP contribution in [0.3, 0.4) is 0 Å². The summed E-state index contributed by atoms with van der Waals surface area (Å²) < 4.78 is 5.17. The number of nitrogens with zero attached hydrogens (tertiary/aromatic N) is 1. The van der Waals surface area contributed by atoms with E-state index in [2.05, 4.69) is 31.4 Å². The number of hydrogen-bond acceptors (Lipinski definition) is 5. The van der Waals surface area contributed by atoms with Crippen molar-refractivity contribution in [2.24, 2.45) is 0 Å². The molecular weight excluding hydrogens is 346 g/mol. The van der Waals surface area contributed by atoms with Gasteiger partial charge in [0.15, 0.2) is 0 Å². The fourth-order valence-electron chi connectivity index (χ4n) is 2.53. The van der Waals surface area contributed by atoms with Crippen LogP contribution >= 0.6 is 0 Å². The lowest BCUT2D eigenvalue weighted by Gasteiger charge is -2.20. The Hall–Kier alpha value is -3.09. The molecule has 2 aromatic rings. The average molecular weight is 371 g/mol. The van der Waals surface area contributed by atoms with Gasteiger partial charge >= 0.3 is 0 Å². The smallest absolute Gasteiger partial charge is 0.271 e. The first-order valence-corrected chi connectivity index (χ1v) is 8.62. The molecule has 0 heterocycles. The van der Waals surface area contributed by atoms with Crippen molar-refractivity contribution in [2.75, 3.05) is 17.7 Å². The first kappa shape index (κ1) is 20.2. The molecule has 27 heavy (non-hydrogen) atoms. The number of nitro groups is 1. The molecule has 7 heteroatoms. The first-order chi connectivity index (χ1) is 12.6. The summed E-state index contributed by atoms with van der Waals surface area (Å²) >= 11 is 0. The molecule has 0 aromatic heterocycles. The fourth-order valence-corrected chi connectivity index (χ4v) is 2.53. The molecule has 0 aliphatic carbocycles. The van der Waals surface area contributed by atoms with Crippen molar-refractivity contribution in [1.29, 1.82) is 0 Å². The number of nitro benzene ring substituents is 1. The summed E-state index contributed by atoms with van der Waals surface area (Å²) in [6.45, 7) is 8.13. The SMILES string of the molecule is COc1ccc([N+](=O)[O-])cc1NC(=O)C(C)Nc1ccc(C(C)(C)C)cc1. The number of hydrogen-bond donors (Lipinski definition) is 2. The van der Waals surface area contributed by atoms with E-state index in [9.17, 15) is 14.9 Å². The van der Waals surface area contributed by atoms with E-state index in [0.717, 1.165) is 5.69 Å². The maximum Gasteiger partial charge on any atom is 0.271 e. The minimum atomic E-state index is -0.547. The second-order valence-corrected chi connectivity index (χ2v) is 7.32. The lowest BCUT2D eigenvalue weighted by atomic mass is 9.87. The number of ether oxygens (including phenoxy) is 1. The Balaban J connectivity index is 2.09. The number of nitrogens with one attached hydrogen (secondary N) is 2. The standard InChI is InChI=1S/C20H25N3O4/c1-13(21-15-8-6-14(7-9-15)20(2,3)4)19(24)22-17-12-16(23(25)26)10-11-18(17)27-5/h6-13,21H,1-5H3,(H,22,24). The van der Waals surface area contributed by atoms with Gasteiger partial charge in [-0.25, -0.2) is 0 Å². The summed E-state index contributed by atoms with van der Waals surface area (Å²) in [5.74, 6) is 0.0318.